The number of amides is 3. The fourth-order valence-corrected chi connectivity index (χ4v) is 4.71. The Morgan fingerprint density at radius 1 is 1.11 bits per heavy atom. The summed E-state index contributed by atoms with van der Waals surface area (Å²) in [5.41, 5.74) is 0.978. The molecule has 2 aromatic carbocycles. The number of rotatable bonds is 6. The molecule has 1 aliphatic heterocycles. The Morgan fingerprint density at radius 2 is 1.86 bits per heavy atom. The van der Waals surface area contributed by atoms with E-state index in [2.05, 4.69) is 20.3 Å². The number of halogens is 3. The normalized spacial score (nSPS) is 15.8. The van der Waals surface area contributed by atoms with Gasteiger partial charge in [0.1, 0.15) is 11.9 Å². The number of carbonyl (C=O) groups is 2. The maximum atomic E-state index is 15.2. The quantitative estimate of drug-likeness (QED) is 0.434. The Labute approximate surface area is 216 Å². The molecule has 37 heavy (non-hydrogen) atoms. The van der Waals surface area contributed by atoms with Gasteiger partial charge in [0.25, 0.3) is 0 Å². The number of nitrogens with one attached hydrogen (secondary N) is 3. The molecule has 3 aromatic rings. The molecule has 1 saturated heterocycles. The zero-order valence-electron chi connectivity index (χ0n) is 19.5. The van der Waals surface area contributed by atoms with Gasteiger partial charge in [0, 0.05) is 29.4 Å². The van der Waals surface area contributed by atoms with Crippen LogP contribution in [0.5, 0.6) is 0 Å². The first-order chi connectivity index (χ1) is 17.5. The first kappa shape index (κ1) is 26.3. The third-order valence-electron chi connectivity index (χ3n) is 5.57. The van der Waals surface area contributed by atoms with Crippen LogP contribution in [0.25, 0.3) is 11.1 Å². The van der Waals surface area contributed by atoms with E-state index in [4.69, 9.17) is 11.6 Å². The average molecular weight is 551 g/mol. The monoisotopic (exact) mass is 550 g/mol. The highest BCUT2D eigenvalue weighted by Gasteiger charge is 2.31. The first-order valence-electron chi connectivity index (χ1n) is 11.1. The molecule has 1 atom stereocenters. The Bertz CT molecular complexity index is 1470. The molecule has 2 heterocycles. The largest absolute Gasteiger partial charge is 0.326 e. The predicted molar refractivity (Wildman–Crippen MR) is 133 cm³/mol. The number of para-hydroxylation sites is 1. The van der Waals surface area contributed by atoms with Gasteiger partial charge < -0.3 is 10.2 Å². The van der Waals surface area contributed by atoms with Crippen LogP contribution in [0.2, 0.25) is 5.02 Å². The van der Waals surface area contributed by atoms with Crippen molar-refractivity contribution in [3.63, 3.8) is 0 Å². The molecule has 3 amide bonds. The molecular formula is C24H23ClF2N5O4S+. The Kier molecular flexibility index (Phi) is 7.60. The third-order valence-corrected chi connectivity index (χ3v) is 6.38. The van der Waals surface area contributed by atoms with Crippen molar-refractivity contribution in [1.82, 2.24) is 10.3 Å². The molecule has 0 radical (unpaired) electrons. The van der Waals surface area contributed by atoms with Crippen molar-refractivity contribution in [1.29, 1.82) is 0 Å². The molecule has 13 heteroatoms. The molecule has 4 rings (SSSR count). The lowest BCUT2D eigenvalue weighted by Crippen LogP contribution is -2.53. The van der Waals surface area contributed by atoms with E-state index in [0.29, 0.717) is 24.9 Å². The summed E-state index contributed by atoms with van der Waals surface area (Å²) in [7, 11) is -3.59. The van der Waals surface area contributed by atoms with Crippen molar-refractivity contribution in [3.05, 3.63) is 71.4 Å². The number of hydrogen-bond acceptors (Lipinski definition) is 5. The van der Waals surface area contributed by atoms with E-state index in [1.165, 1.54) is 29.3 Å². The van der Waals surface area contributed by atoms with Gasteiger partial charge in [-0.15, -0.1) is 0 Å². The van der Waals surface area contributed by atoms with Gasteiger partial charge in [-0.05, 0) is 37.1 Å². The van der Waals surface area contributed by atoms with Crippen LogP contribution in [0.3, 0.4) is 0 Å². The number of anilines is 3. The summed E-state index contributed by atoms with van der Waals surface area (Å²) >= 11 is 4.82. The van der Waals surface area contributed by atoms with Crippen molar-refractivity contribution < 1.29 is 38.4 Å². The van der Waals surface area contributed by atoms with Crippen molar-refractivity contribution in [2.75, 3.05) is 27.7 Å². The SMILES string of the molecule is CS(=O)(=O)Nc1ccccc1-c1ccc(N2CCC[C@@H](NC(=O)Nc3ncc([ClH+])cc3F)C2=O)cc1F. The lowest BCUT2D eigenvalue weighted by Gasteiger charge is -2.32. The fraction of sp³-hybridized carbons (Fsp3) is 0.208. The number of aromatic nitrogens is 1. The van der Waals surface area contributed by atoms with Gasteiger partial charge in [0.2, 0.25) is 21.0 Å². The van der Waals surface area contributed by atoms with Gasteiger partial charge in [0.15, 0.2) is 23.2 Å². The second kappa shape index (κ2) is 10.7. The van der Waals surface area contributed by atoms with E-state index in [0.717, 1.165) is 12.3 Å². The topological polar surface area (TPSA) is 120 Å². The molecule has 194 valence electrons. The van der Waals surface area contributed by atoms with Crippen LogP contribution >= 0.6 is 0 Å². The molecule has 0 unspecified atom stereocenters. The minimum absolute atomic E-state index is 0.147. The molecule has 1 fully saturated rings. The summed E-state index contributed by atoms with van der Waals surface area (Å²) in [5, 5.41) is 4.94. The van der Waals surface area contributed by atoms with E-state index < -0.39 is 39.6 Å². The van der Waals surface area contributed by atoms with E-state index in [1.54, 1.807) is 24.3 Å². The summed E-state index contributed by atoms with van der Waals surface area (Å²) in [6.07, 6.45) is 3.09. The minimum Gasteiger partial charge on any atom is -0.326 e. The van der Waals surface area contributed by atoms with E-state index in [1.807, 2.05) is 0 Å². The van der Waals surface area contributed by atoms with E-state index in [-0.39, 0.29) is 27.8 Å². The molecule has 1 aliphatic rings. The zero-order valence-corrected chi connectivity index (χ0v) is 21.1. The second-order valence-electron chi connectivity index (χ2n) is 8.37. The standard InChI is InChI=1S/C24H22ClF2N5O4S/c1-37(35,36)31-20-6-3-2-5-17(20)16-9-8-15(12-18(16)26)32-10-4-7-21(23(32)33)29-24(34)30-22-19(27)11-14(25)13-28-22/h2-3,5-6,8-9,11-13,21,25,31H,4,7,10H2,1H3,(H-,28,29,30,34)/p+1/t21-/m1/s1. The lowest BCUT2D eigenvalue weighted by molar-refractivity contribution is -0.289. The molecule has 0 aliphatic carbocycles. The van der Waals surface area contributed by atoms with Crippen LogP contribution in [-0.4, -0.2) is 44.2 Å². The number of carbonyl (C=O) groups excluding carboxylic acids is 2. The summed E-state index contributed by atoms with van der Waals surface area (Å²) in [6, 6.07) is 9.87. The van der Waals surface area contributed by atoms with Crippen LogP contribution in [0.4, 0.5) is 30.8 Å². The molecule has 3 N–H and O–H groups in total. The van der Waals surface area contributed by atoms with Gasteiger partial charge >= 0.3 is 6.03 Å². The molecule has 9 nitrogen and oxygen atoms in total. The average Bonchev–Trinajstić information content (AvgIpc) is 2.82. The van der Waals surface area contributed by atoms with Crippen molar-refractivity contribution >= 4 is 39.2 Å². The molecule has 0 bridgehead atoms. The van der Waals surface area contributed by atoms with Crippen LogP contribution in [0.1, 0.15) is 12.8 Å². The zero-order chi connectivity index (χ0) is 26.7. The maximum Gasteiger partial charge on any atom is 0.321 e. The predicted octanol–water partition coefficient (Wildman–Crippen LogP) is 3.41. The van der Waals surface area contributed by atoms with E-state index >= 15 is 4.39 Å². The van der Waals surface area contributed by atoms with Gasteiger partial charge in [-0.25, -0.2) is 27.0 Å². The third kappa shape index (κ3) is 6.33. The minimum atomic E-state index is -3.59. The number of hydrogen-bond donors (Lipinski definition) is 3. The highest BCUT2D eigenvalue weighted by atomic mass is 35.5. The highest BCUT2D eigenvalue weighted by molar-refractivity contribution is 7.92. The summed E-state index contributed by atoms with van der Waals surface area (Å²) < 4.78 is 54.9. The number of pyridine rings is 1. The van der Waals surface area contributed by atoms with Crippen LogP contribution < -0.4 is 20.3 Å². The smallest absolute Gasteiger partial charge is 0.321 e. The Morgan fingerprint density at radius 3 is 2.57 bits per heavy atom. The van der Waals surface area contributed by atoms with E-state index in [9.17, 15) is 22.4 Å². The Hall–Kier alpha value is -3.77. The number of piperidine rings is 1. The number of benzene rings is 2. The van der Waals surface area contributed by atoms with Crippen molar-refractivity contribution in [2.45, 2.75) is 18.9 Å². The van der Waals surface area contributed by atoms with Gasteiger partial charge in [-0.2, -0.15) is 0 Å². The Balaban J connectivity index is 1.50. The van der Waals surface area contributed by atoms with Crippen LogP contribution in [0, 0.1) is 23.2 Å². The van der Waals surface area contributed by atoms with Crippen LogP contribution in [-0.2, 0) is 14.8 Å². The van der Waals surface area contributed by atoms with Gasteiger partial charge in [0.05, 0.1) is 18.1 Å². The van der Waals surface area contributed by atoms with Crippen LogP contribution in [0.15, 0.2) is 54.7 Å². The number of urea groups is 1. The second-order valence-corrected chi connectivity index (χ2v) is 10.6. The molecule has 0 saturated carbocycles. The molecule has 0 spiro atoms. The van der Waals surface area contributed by atoms with Crippen molar-refractivity contribution in [2.24, 2.45) is 0 Å². The maximum absolute atomic E-state index is 15.2. The van der Waals surface area contributed by atoms with Gasteiger partial charge in [-0.1, -0.05) is 18.2 Å². The molecule has 1 aromatic heterocycles. The first-order valence-corrected chi connectivity index (χ1v) is 13.4. The number of nitrogens with zero attached hydrogens (tertiary/aromatic N) is 2. The lowest BCUT2D eigenvalue weighted by atomic mass is 10.0. The molecular weight excluding hydrogens is 528 g/mol. The van der Waals surface area contributed by atoms with Crippen molar-refractivity contribution in [3.8, 4) is 11.1 Å². The summed E-state index contributed by atoms with van der Waals surface area (Å²) in [4.78, 5) is 30.5. The highest BCUT2D eigenvalue weighted by Crippen LogP contribution is 2.33. The summed E-state index contributed by atoms with van der Waals surface area (Å²) in [6.45, 7) is 0.306. The summed E-state index contributed by atoms with van der Waals surface area (Å²) in [5.74, 6) is -2.24. The number of sulfonamides is 1. The van der Waals surface area contributed by atoms with Gasteiger partial charge in [-0.3, -0.25) is 14.8 Å². The fourth-order valence-electron chi connectivity index (χ4n) is 3.98.